The molecule has 3 nitrogen and oxygen atoms in total. The highest BCUT2D eigenvalue weighted by molar-refractivity contribution is 7.19. The molecule has 118 valence electrons. The van der Waals surface area contributed by atoms with Crippen LogP contribution in [0.4, 0.5) is 11.5 Å². The largest absolute Gasteiger partial charge is 0.340 e. The fraction of sp³-hybridized carbons (Fsp3) is 0.100. The monoisotopic (exact) mass is 331 g/mol. The third-order valence-electron chi connectivity index (χ3n) is 4.04. The van der Waals surface area contributed by atoms with Gasteiger partial charge in [-0.05, 0) is 31.5 Å². The summed E-state index contributed by atoms with van der Waals surface area (Å²) < 4.78 is 0. The molecule has 0 unspecified atom stereocenters. The number of aryl methyl sites for hydroxylation is 2. The van der Waals surface area contributed by atoms with Crippen LogP contribution in [0.5, 0.6) is 0 Å². The summed E-state index contributed by atoms with van der Waals surface area (Å²) in [7, 11) is 0. The molecule has 4 heteroatoms. The summed E-state index contributed by atoms with van der Waals surface area (Å²) in [5, 5.41) is 4.54. The minimum Gasteiger partial charge on any atom is -0.340 e. The average Bonchev–Trinajstić information content (AvgIpc) is 2.94. The second-order valence-corrected chi connectivity index (χ2v) is 7.00. The third-order valence-corrected chi connectivity index (χ3v) is 5.05. The zero-order valence-corrected chi connectivity index (χ0v) is 14.4. The lowest BCUT2D eigenvalue weighted by atomic mass is 10.0. The Morgan fingerprint density at radius 2 is 1.62 bits per heavy atom. The summed E-state index contributed by atoms with van der Waals surface area (Å²) >= 11 is 1.71. The number of thiophene rings is 1. The molecule has 0 aliphatic carbocycles. The number of nitrogens with one attached hydrogen (secondary N) is 1. The number of fused-ring (bicyclic) bond motifs is 1. The van der Waals surface area contributed by atoms with Gasteiger partial charge in [-0.2, -0.15) is 0 Å². The van der Waals surface area contributed by atoms with Crippen molar-refractivity contribution in [1.29, 1.82) is 0 Å². The van der Waals surface area contributed by atoms with Crippen LogP contribution in [-0.4, -0.2) is 9.97 Å². The van der Waals surface area contributed by atoms with Gasteiger partial charge in [-0.1, -0.05) is 48.0 Å². The lowest BCUT2D eigenvalue weighted by molar-refractivity contribution is 1.23. The standard InChI is InChI=1S/C20H17N3S/c1-13-8-10-16(11-9-13)23-19-18-17(15-6-4-3-5-7-15)14(2)24-20(18)22-12-21-19/h3-12H,1-2H3,(H,21,22,23). The number of anilines is 2. The fourth-order valence-corrected chi connectivity index (χ4v) is 3.88. The van der Waals surface area contributed by atoms with Crippen LogP contribution in [0.15, 0.2) is 60.9 Å². The van der Waals surface area contributed by atoms with E-state index in [-0.39, 0.29) is 0 Å². The Hall–Kier alpha value is -2.72. The molecule has 0 saturated carbocycles. The van der Waals surface area contributed by atoms with Gasteiger partial charge < -0.3 is 5.32 Å². The Kier molecular flexibility index (Phi) is 3.75. The van der Waals surface area contributed by atoms with Gasteiger partial charge in [0.05, 0.1) is 5.39 Å². The maximum absolute atomic E-state index is 4.51. The summed E-state index contributed by atoms with van der Waals surface area (Å²) in [6, 6.07) is 18.8. The molecule has 4 aromatic rings. The average molecular weight is 331 g/mol. The molecular weight excluding hydrogens is 314 g/mol. The van der Waals surface area contributed by atoms with Crippen molar-refractivity contribution in [3.05, 3.63) is 71.4 Å². The van der Waals surface area contributed by atoms with E-state index in [0.29, 0.717) is 0 Å². The topological polar surface area (TPSA) is 37.8 Å². The van der Waals surface area contributed by atoms with E-state index < -0.39 is 0 Å². The molecule has 0 spiro atoms. The minimum absolute atomic E-state index is 0.854. The predicted octanol–water partition coefficient (Wildman–Crippen LogP) is 5.72. The summed E-state index contributed by atoms with van der Waals surface area (Å²) in [6.07, 6.45) is 1.63. The molecule has 0 fully saturated rings. The van der Waals surface area contributed by atoms with E-state index in [2.05, 4.69) is 77.7 Å². The molecule has 0 aliphatic rings. The van der Waals surface area contributed by atoms with Crippen molar-refractivity contribution in [1.82, 2.24) is 9.97 Å². The van der Waals surface area contributed by atoms with Crippen molar-refractivity contribution in [2.24, 2.45) is 0 Å². The summed E-state index contributed by atoms with van der Waals surface area (Å²) in [6.45, 7) is 4.23. The number of rotatable bonds is 3. The molecule has 0 saturated heterocycles. The van der Waals surface area contributed by atoms with Gasteiger partial charge in [-0.25, -0.2) is 9.97 Å². The summed E-state index contributed by atoms with van der Waals surface area (Å²) in [4.78, 5) is 11.2. The first-order chi connectivity index (χ1) is 11.7. The van der Waals surface area contributed by atoms with Gasteiger partial charge in [0.25, 0.3) is 0 Å². The highest BCUT2D eigenvalue weighted by Crippen LogP contribution is 2.40. The maximum Gasteiger partial charge on any atom is 0.143 e. The normalized spacial score (nSPS) is 10.9. The zero-order chi connectivity index (χ0) is 16.5. The van der Waals surface area contributed by atoms with Crippen LogP contribution < -0.4 is 5.32 Å². The van der Waals surface area contributed by atoms with Gasteiger partial charge >= 0.3 is 0 Å². The minimum atomic E-state index is 0.854. The van der Waals surface area contributed by atoms with Crippen LogP contribution in [0.2, 0.25) is 0 Å². The third kappa shape index (κ3) is 2.65. The molecule has 0 atom stereocenters. The second kappa shape index (κ2) is 6.06. The number of benzene rings is 2. The van der Waals surface area contributed by atoms with Crippen molar-refractivity contribution >= 4 is 33.1 Å². The van der Waals surface area contributed by atoms with Crippen LogP contribution in [0.25, 0.3) is 21.3 Å². The van der Waals surface area contributed by atoms with Crippen molar-refractivity contribution < 1.29 is 0 Å². The number of hydrogen-bond acceptors (Lipinski definition) is 4. The summed E-state index contributed by atoms with van der Waals surface area (Å²) in [5.74, 6) is 0.854. The van der Waals surface area contributed by atoms with Gasteiger partial charge in [0.2, 0.25) is 0 Å². The van der Waals surface area contributed by atoms with E-state index >= 15 is 0 Å². The Morgan fingerprint density at radius 1 is 0.875 bits per heavy atom. The van der Waals surface area contributed by atoms with Crippen molar-refractivity contribution in [3.63, 3.8) is 0 Å². The Bertz CT molecular complexity index is 989. The quantitative estimate of drug-likeness (QED) is 0.522. The van der Waals surface area contributed by atoms with Crippen LogP contribution >= 0.6 is 11.3 Å². The van der Waals surface area contributed by atoms with Crippen molar-refractivity contribution in [2.45, 2.75) is 13.8 Å². The molecular formula is C20H17N3S. The molecule has 2 aromatic carbocycles. The SMILES string of the molecule is Cc1ccc(Nc2ncnc3sc(C)c(-c4ccccc4)c23)cc1. The predicted molar refractivity (Wildman–Crippen MR) is 102 cm³/mol. The molecule has 0 aliphatic heterocycles. The van der Waals surface area contributed by atoms with Crippen LogP contribution in [0, 0.1) is 13.8 Å². The van der Waals surface area contributed by atoms with E-state index in [9.17, 15) is 0 Å². The van der Waals surface area contributed by atoms with Gasteiger partial charge in [-0.15, -0.1) is 11.3 Å². The summed E-state index contributed by atoms with van der Waals surface area (Å²) in [5.41, 5.74) is 4.68. The molecule has 24 heavy (non-hydrogen) atoms. The number of aromatic nitrogens is 2. The first kappa shape index (κ1) is 14.8. The van der Waals surface area contributed by atoms with E-state index in [1.54, 1.807) is 17.7 Å². The van der Waals surface area contributed by atoms with Crippen molar-refractivity contribution in [2.75, 3.05) is 5.32 Å². The zero-order valence-electron chi connectivity index (χ0n) is 13.6. The number of hydrogen-bond donors (Lipinski definition) is 1. The molecule has 1 N–H and O–H groups in total. The van der Waals surface area contributed by atoms with E-state index in [0.717, 1.165) is 21.7 Å². The fourth-order valence-electron chi connectivity index (χ4n) is 2.87. The van der Waals surface area contributed by atoms with Gasteiger partial charge in [-0.3, -0.25) is 0 Å². The lowest BCUT2D eigenvalue weighted by Crippen LogP contribution is -1.95. The van der Waals surface area contributed by atoms with Gasteiger partial charge in [0, 0.05) is 16.1 Å². The second-order valence-electron chi connectivity index (χ2n) is 5.79. The molecule has 2 heterocycles. The van der Waals surface area contributed by atoms with Gasteiger partial charge in [0.1, 0.15) is 17.0 Å². The Balaban J connectivity index is 1.88. The molecule has 2 aromatic heterocycles. The van der Waals surface area contributed by atoms with Gasteiger partial charge in [0.15, 0.2) is 0 Å². The Morgan fingerprint density at radius 3 is 2.38 bits per heavy atom. The smallest absolute Gasteiger partial charge is 0.143 e. The maximum atomic E-state index is 4.51. The Labute approximate surface area is 145 Å². The van der Waals surface area contributed by atoms with Crippen LogP contribution in [0.1, 0.15) is 10.4 Å². The highest BCUT2D eigenvalue weighted by atomic mass is 32.1. The molecule has 0 bridgehead atoms. The molecule has 4 rings (SSSR count). The van der Waals surface area contributed by atoms with Crippen LogP contribution in [-0.2, 0) is 0 Å². The van der Waals surface area contributed by atoms with Crippen LogP contribution in [0.3, 0.4) is 0 Å². The molecule has 0 radical (unpaired) electrons. The van der Waals surface area contributed by atoms with E-state index in [1.165, 1.54) is 21.6 Å². The first-order valence-corrected chi connectivity index (χ1v) is 8.67. The molecule has 0 amide bonds. The number of nitrogens with zero attached hydrogens (tertiary/aromatic N) is 2. The highest BCUT2D eigenvalue weighted by Gasteiger charge is 2.16. The lowest BCUT2D eigenvalue weighted by Gasteiger charge is -2.09. The van der Waals surface area contributed by atoms with E-state index in [1.807, 2.05) is 6.07 Å². The van der Waals surface area contributed by atoms with E-state index in [4.69, 9.17) is 0 Å². The van der Waals surface area contributed by atoms with Crippen molar-refractivity contribution in [3.8, 4) is 11.1 Å². The first-order valence-electron chi connectivity index (χ1n) is 7.85.